The number of aromatic nitrogens is 4. The first kappa shape index (κ1) is 23.7. The average Bonchev–Trinajstić information content (AvgIpc) is 3.41. The lowest BCUT2D eigenvalue weighted by atomic mass is 9.98. The summed E-state index contributed by atoms with van der Waals surface area (Å²) in [5, 5.41) is 4.49. The summed E-state index contributed by atoms with van der Waals surface area (Å²) in [6.07, 6.45) is 9.94. The van der Waals surface area contributed by atoms with Crippen LogP contribution in [0, 0.1) is 6.92 Å². The number of ether oxygens (including phenoxy) is 1. The smallest absolute Gasteiger partial charge is 0.263 e. The lowest BCUT2D eigenvalue weighted by Gasteiger charge is -2.28. The van der Waals surface area contributed by atoms with Crippen molar-refractivity contribution in [1.29, 1.82) is 0 Å². The first-order chi connectivity index (χ1) is 16.6. The van der Waals surface area contributed by atoms with Crippen LogP contribution in [-0.2, 0) is 15.6 Å². The van der Waals surface area contributed by atoms with Gasteiger partial charge in [-0.1, -0.05) is 11.6 Å². The monoisotopic (exact) mass is 497 g/mol. The number of nitrogens with zero attached hydrogens (tertiary/aromatic N) is 5. The van der Waals surface area contributed by atoms with E-state index in [9.17, 15) is 8.42 Å². The van der Waals surface area contributed by atoms with Crippen LogP contribution in [0.25, 0.3) is 11.3 Å². The summed E-state index contributed by atoms with van der Waals surface area (Å²) in [6, 6.07) is 6.30. The lowest BCUT2D eigenvalue weighted by molar-refractivity contribution is 0.212. The molecule has 0 amide bonds. The van der Waals surface area contributed by atoms with Gasteiger partial charge in [-0.05, 0) is 70.4 Å². The fraction of sp³-hybridized carbons (Fsp3) is 0.458. The Bertz CT molecular complexity index is 1340. The molecular weight excluding hydrogens is 466 g/mol. The summed E-state index contributed by atoms with van der Waals surface area (Å²) in [4.78, 5) is 11.3. The Morgan fingerprint density at radius 2 is 1.91 bits per heavy atom. The van der Waals surface area contributed by atoms with E-state index in [1.165, 1.54) is 6.26 Å². The molecule has 1 aliphatic carbocycles. The van der Waals surface area contributed by atoms with E-state index >= 15 is 0 Å². The number of likely N-dealkylation sites (tertiary alicyclic amines) is 1. The van der Waals surface area contributed by atoms with Crippen LogP contribution in [0.4, 0.5) is 5.82 Å². The van der Waals surface area contributed by atoms with E-state index in [4.69, 9.17) is 10.5 Å². The molecule has 186 valence electrons. The lowest BCUT2D eigenvalue weighted by Crippen LogP contribution is -2.34. The minimum Gasteiger partial charge on any atom is -0.433 e. The first-order valence-electron chi connectivity index (χ1n) is 11.7. The van der Waals surface area contributed by atoms with E-state index < -0.39 is 15.6 Å². The number of nitrogens with one attached hydrogen (secondary N) is 1. The zero-order valence-corrected chi connectivity index (χ0v) is 21.0. The Labute approximate surface area is 205 Å². The minimum atomic E-state index is -3.34. The molecule has 0 radical (unpaired) electrons. The second-order valence-corrected chi connectivity index (χ2v) is 11.5. The van der Waals surface area contributed by atoms with E-state index in [0.29, 0.717) is 17.5 Å². The van der Waals surface area contributed by atoms with Gasteiger partial charge in [-0.15, -0.1) is 0 Å². The van der Waals surface area contributed by atoms with Gasteiger partial charge in [-0.2, -0.15) is 5.10 Å². The largest absolute Gasteiger partial charge is 0.433 e. The number of hydrogen-bond acceptors (Lipinski definition) is 8. The van der Waals surface area contributed by atoms with Crippen molar-refractivity contribution in [3.8, 4) is 22.9 Å². The summed E-state index contributed by atoms with van der Waals surface area (Å²) in [5.41, 5.74) is 8.85. The Balaban J connectivity index is 1.39. The van der Waals surface area contributed by atoms with Crippen molar-refractivity contribution in [2.24, 2.45) is 0 Å². The second-order valence-electron chi connectivity index (χ2n) is 9.78. The third-order valence-electron chi connectivity index (χ3n) is 6.68. The molecule has 3 heterocycles. The van der Waals surface area contributed by atoms with Gasteiger partial charge in [0, 0.05) is 5.56 Å². The number of piperidine rings is 1. The molecule has 2 aromatic heterocycles. The summed E-state index contributed by atoms with van der Waals surface area (Å²) >= 11 is 0. The molecular formula is C24H31N7O3S. The molecule has 0 bridgehead atoms. The molecule has 11 heteroatoms. The van der Waals surface area contributed by atoms with Crippen molar-refractivity contribution < 1.29 is 13.2 Å². The van der Waals surface area contributed by atoms with E-state index in [1.54, 1.807) is 12.4 Å². The molecule has 10 nitrogen and oxygen atoms in total. The molecule has 35 heavy (non-hydrogen) atoms. The number of aryl methyl sites for hydroxylation is 1. The van der Waals surface area contributed by atoms with Crippen LogP contribution in [0.15, 0.2) is 36.8 Å². The molecule has 2 aliphatic rings. The molecule has 1 aliphatic heterocycles. The van der Waals surface area contributed by atoms with Gasteiger partial charge >= 0.3 is 0 Å². The topological polar surface area (TPSA) is 128 Å². The minimum absolute atomic E-state index is 0.186. The fourth-order valence-corrected chi connectivity index (χ4v) is 5.71. The van der Waals surface area contributed by atoms with Crippen LogP contribution in [0.5, 0.6) is 11.6 Å². The van der Waals surface area contributed by atoms with Crippen molar-refractivity contribution >= 4 is 15.8 Å². The number of anilines is 1. The van der Waals surface area contributed by atoms with E-state index in [-0.39, 0.29) is 11.7 Å². The second kappa shape index (κ2) is 8.89. The highest BCUT2D eigenvalue weighted by atomic mass is 32.2. The summed E-state index contributed by atoms with van der Waals surface area (Å²) in [6.45, 7) is 4.06. The van der Waals surface area contributed by atoms with Gasteiger partial charge in [0.15, 0.2) is 11.6 Å². The fourth-order valence-electron chi connectivity index (χ4n) is 4.68. The van der Waals surface area contributed by atoms with Crippen LogP contribution >= 0.6 is 0 Å². The maximum Gasteiger partial charge on any atom is 0.263 e. The van der Waals surface area contributed by atoms with Gasteiger partial charge in [0.25, 0.3) is 5.88 Å². The summed E-state index contributed by atoms with van der Waals surface area (Å²) in [7, 11) is -1.21. The van der Waals surface area contributed by atoms with Crippen molar-refractivity contribution in [3.05, 3.63) is 47.9 Å². The van der Waals surface area contributed by atoms with E-state index in [1.807, 2.05) is 36.0 Å². The van der Waals surface area contributed by atoms with Gasteiger partial charge < -0.3 is 15.4 Å². The van der Waals surface area contributed by atoms with Crippen LogP contribution in [0.2, 0.25) is 0 Å². The predicted molar refractivity (Wildman–Crippen MR) is 134 cm³/mol. The number of benzene rings is 1. The Hall–Kier alpha value is -3.02. The predicted octanol–water partition coefficient (Wildman–Crippen LogP) is 2.83. The molecule has 1 saturated carbocycles. The van der Waals surface area contributed by atoms with E-state index in [2.05, 4.69) is 31.7 Å². The third-order valence-corrected chi connectivity index (χ3v) is 7.44. The number of nitrogen functional groups attached to an aromatic ring is 1. The molecule has 1 aromatic carbocycles. The van der Waals surface area contributed by atoms with Crippen molar-refractivity contribution in [2.75, 3.05) is 32.1 Å². The summed E-state index contributed by atoms with van der Waals surface area (Å²) < 4.78 is 34.5. The zero-order chi connectivity index (χ0) is 24.8. The van der Waals surface area contributed by atoms with Crippen LogP contribution in [-0.4, -0.2) is 59.5 Å². The molecule has 1 saturated heterocycles. The number of sulfonamides is 1. The molecule has 2 fully saturated rings. The van der Waals surface area contributed by atoms with Crippen LogP contribution in [0.3, 0.4) is 0 Å². The van der Waals surface area contributed by atoms with Crippen molar-refractivity contribution in [3.63, 3.8) is 0 Å². The SMILES string of the molecule is Cc1cc(-c2cnc(N)c(Oc3cnn(C4CCN(C)CC4)c3)n2)cc(C2(NS(C)(=O)=O)CC2)c1. The van der Waals surface area contributed by atoms with Crippen molar-refractivity contribution in [1.82, 2.24) is 29.4 Å². The highest BCUT2D eigenvalue weighted by molar-refractivity contribution is 7.88. The Kier molecular flexibility index (Phi) is 6.02. The third kappa shape index (κ3) is 5.31. The maximum atomic E-state index is 11.9. The normalized spacial score (nSPS) is 18.5. The highest BCUT2D eigenvalue weighted by Gasteiger charge is 2.46. The van der Waals surface area contributed by atoms with E-state index in [0.717, 1.165) is 55.5 Å². The van der Waals surface area contributed by atoms with Gasteiger partial charge in [-0.3, -0.25) is 4.68 Å². The zero-order valence-electron chi connectivity index (χ0n) is 20.2. The molecule has 0 atom stereocenters. The van der Waals surface area contributed by atoms with Crippen molar-refractivity contribution in [2.45, 2.75) is 44.2 Å². The molecule has 5 rings (SSSR count). The summed E-state index contributed by atoms with van der Waals surface area (Å²) in [5.74, 6) is 0.955. The standard InChI is InChI=1S/C24H31N7O3S/c1-16-10-17(12-18(11-16)24(6-7-24)29-35(3,32)33)21-14-26-22(25)23(28-21)34-20-13-27-31(15-20)19-4-8-30(2)9-5-19/h10-15,19,29H,4-9H2,1-3H3,(H2,25,26). The van der Waals surface area contributed by atoms with Crippen LogP contribution in [0.1, 0.15) is 42.9 Å². The van der Waals surface area contributed by atoms with Crippen LogP contribution < -0.4 is 15.2 Å². The van der Waals surface area contributed by atoms with Gasteiger partial charge in [-0.25, -0.2) is 23.1 Å². The number of rotatable bonds is 7. The number of nitrogens with two attached hydrogens (primary N) is 1. The Morgan fingerprint density at radius 1 is 1.17 bits per heavy atom. The van der Waals surface area contributed by atoms with Gasteiger partial charge in [0.05, 0.1) is 42.1 Å². The molecule has 3 aromatic rings. The van der Waals surface area contributed by atoms with Gasteiger partial charge in [0.1, 0.15) is 0 Å². The maximum absolute atomic E-state index is 11.9. The average molecular weight is 498 g/mol. The Morgan fingerprint density at radius 3 is 2.60 bits per heavy atom. The number of hydrogen-bond donors (Lipinski definition) is 2. The molecule has 3 N–H and O–H groups in total. The molecule has 0 unspecified atom stereocenters. The van der Waals surface area contributed by atoms with Gasteiger partial charge in [0.2, 0.25) is 10.0 Å². The first-order valence-corrected chi connectivity index (χ1v) is 13.6. The quantitative estimate of drug-likeness (QED) is 0.510. The molecule has 0 spiro atoms. The highest BCUT2D eigenvalue weighted by Crippen LogP contribution is 2.47.